The standard InChI is InChI=1S/C23H31N3O3S/c1-16-7-5-6-8-22(16)24-23(27)21-10-9-20(15-17(21)2)30(28,29)25-18(3)19-11-13-26(4)14-12-19/h5-10,15,18-19,25H,11-14H2,1-4H3,(H,24,27)/t18-/m1/s1. The molecule has 1 heterocycles. The van der Waals surface area contributed by atoms with Crippen molar-refractivity contribution in [3.05, 3.63) is 59.2 Å². The van der Waals surface area contributed by atoms with Gasteiger partial charge in [0.1, 0.15) is 0 Å². The highest BCUT2D eigenvalue weighted by molar-refractivity contribution is 7.89. The Hall–Kier alpha value is -2.22. The van der Waals surface area contributed by atoms with E-state index in [2.05, 4.69) is 22.0 Å². The summed E-state index contributed by atoms with van der Waals surface area (Å²) in [5, 5.41) is 2.90. The molecule has 6 nitrogen and oxygen atoms in total. The second kappa shape index (κ2) is 9.29. The Morgan fingerprint density at radius 2 is 1.73 bits per heavy atom. The van der Waals surface area contributed by atoms with E-state index in [0.717, 1.165) is 37.2 Å². The van der Waals surface area contributed by atoms with E-state index in [1.807, 2.05) is 38.1 Å². The number of nitrogens with one attached hydrogen (secondary N) is 2. The molecule has 0 unspecified atom stereocenters. The SMILES string of the molecule is Cc1ccccc1NC(=O)c1ccc(S(=O)(=O)N[C@H](C)C2CCN(C)CC2)cc1C. The average Bonchev–Trinajstić information content (AvgIpc) is 2.69. The third-order valence-corrected chi connectivity index (χ3v) is 7.51. The highest BCUT2D eigenvalue weighted by Gasteiger charge is 2.27. The van der Waals surface area contributed by atoms with E-state index >= 15 is 0 Å². The van der Waals surface area contributed by atoms with Gasteiger partial charge >= 0.3 is 0 Å². The molecular weight excluding hydrogens is 398 g/mol. The van der Waals surface area contributed by atoms with Gasteiger partial charge in [-0.1, -0.05) is 18.2 Å². The Kier molecular flexibility index (Phi) is 6.95. The van der Waals surface area contributed by atoms with Gasteiger partial charge in [-0.05, 0) is 95.1 Å². The van der Waals surface area contributed by atoms with Crippen LogP contribution in [0, 0.1) is 19.8 Å². The first-order chi connectivity index (χ1) is 14.2. The van der Waals surface area contributed by atoms with Gasteiger partial charge in [0, 0.05) is 17.3 Å². The van der Waals surface area contributed by atoms with Crippen molar-refractivity contribution in [1.29, 1.82) is 0 Å². The van der Waals surface area contributed by atoms with E-state index in [0.29, 0.717) is 17.0 Å². The molecule has 162 valence electrons. The van der Waals surface area contributed by atoms with Crippen molar-refractivity contribution in [2.75, 3.05) is 25.5 Å². The zero-order valence-corrected chi connectivity index (χ0v) is 18.9. The summed E-state index contributed by atoms with van der Waals surface area (Å²) >= 11 is 0. The normalized spacial score (nSPS) is 16.9. The van der Waals surface area contributed by atoms with Crippen LogP contribution in [-0.4, -0.2) is 45.4 Å². The molecule has 2 N–H and O–H groups in total. The van der Waals surface area contributed by atoms with Gasteiger partial charge in [0.25, 0.3) is 5.91 Å². The number of benzene rings is 2. The van der Waals surface area contributed by atoms with Crippen LogP contribution < -0.4 is 10.0 Å². The monoisotopic (exact) mass is 429 g/mol. The Labute approximate surface area is 179 Å². The number of piperidine rings is 1. The summed E-state index contributed by atoms with van der Waals surface area (Å²) in [5.41, 5.74) is 2.79. The summed E-state index contributed by atoms with van der Waals surface area (Å²) in [6, 6.07) is 12.1. The largest absolute Gasteiger partial charge is 0.322 e. The number of hydrogen-bond acceptors (Lipinski definition) is 4. The van der Waals surface area contributed by atoms with Crippen molar-refractivity contribution in [2.45, 2.75) is 44.6 Å². The van der Waals surface area contributed by atoms with E-state index in [1.165, 1.54) is 6.07 Å². The van der Waals surface area contributed by atoms with Gasteiger partial charge in [-0.15, -0.1) is 0 Å². The van der Waals surface area contributed by atoms with Gasteiger partial charge in [0.2, 0.25) is 10.0 Å². The molecule has 0 radical (unpaired) electrons. The zero-order chi connectivity index (χ0) is 21.9. The van der Waals surface area contributed by atoms with Crippen LogP contribution in [0.5, 0.6) is 0 Å². The van der Waals surface area contributed by atoms with E-state index in [9.17, 15) is 13.2 Å². The molecule has 7 heteroatoms. The summed E-state index contributed by atoms with van der Waals surface area (Å²) in [6.45, 7) is 7.59. The molecule has 2 aromatic rings. The molecule has 0 aromatic heterocycles. The molecule has 1 aliphatic heterocycles. The van der Waals surface area contributed by atoms with Crippen LogP contribution in [0.4, 0.5) is 5.69 Å². The number of aryl methyl sites for hydroxylation is 2. The maximum Gasteiger partial charge on any atom is 0.255 e. The van der Waals surface area contributed by atoms with Crippen LogP contribution in [0.3, 0.4) is 0 Å². The topological polar surface area (TPSA) is 78.5 Å². The van der Waals surface area contributed by atoms with Crippen LogP contribution in [-0.2, 0) is 10.0 Å². The van der Waals surface area contributed by atoms with Gasteiger partial charge in [0.15, 0.2) is 0 Å². The summed E-state index contributed by atoms with van der Waals surface area (Å²) < 4.78 is 28.6. The Bertz CT molecular complexity index is 1010. The molecule has 1 saturated heterocycles. The molecule has 1 atom stereocenters. The molecule has 0 bridgehead atoms. The van der Waals surface area contributed by atoms with Crippen molar-refractivity contribution in [2.24, 2.45) is 5.92 Å². The number of hydrogen-bond donors (Lipinski definition) is 2. The minimum absolute atomic E-state index is 0.131. The quantitative estimate of drug-likeness (QED) is 0.736. The minimum Gasteiger partial charge on any atom is -0.322 e. The van der Waals surface area contributed by atoms with Gasteiger partial charge in [-0.2, -0.15) is 0 Å². The molecule has 1 amide bonds. The lowest BCUT2D eigenvalue weighted by atomic mass is 9.91. The van der Waals surface area contributed by atoms with Crippen molar-refractivity contribution < 1.29 is 13.2 Å². The number of anilines is 1. The second-order valence-corrected chi connectivity index (χ2v) is 10.0. The number of carbonyl (C=O) groups excluding carboxylic acids is 1. The number of para-hydroxylation sites is 1. The fourth-order valence-electron chi connectivity index (χ4n) is 3.90. The first-order valence-corrected chi connectivity index (χ1v) is 11.8. The predicted octanol–water partition coefficient (Wildman–Crippen LogP) is 3.56. The molecule has 0 spiro atoms. The molecule has 1 fully saturated rings. The average molecular weight is 430 g/mol. The van der Waals surface area contributed by atoms with E-state index in [4.69, 9.17) is 0 Å². The molecule has 2 aromatic carbocycles. The fraction of sp³-hybridized carbons (Fsp3) is 0.435. The zero-order valence-electron chi connectivity index (χ0n) is 18.1. The molecule has 3 rings (SSSR count). The number of sulfonamides is 1. The molecule has 1 aliphatic rings. The van der Waals surface area contributed by atoms with Crippen LogP contribution >= 0.6 is 0 Å². The third kappa shape index (κ3) is 5.28. The lowest BCUT2D eigenvalue weighted by Crippen LogP contribution is -2.43. The van der Waals surface area contributed by atoms with Crippen LogP contribution in [0.15, 0.2) is 47.4 Å². The van der Waals surface area contributed by atoms with Crippen LogP contribution in [0.1, 0.15) is 41.3 Å². The van der Waals surface area contributed by atoms with Crippen molar-refractivity contribution in [1.82, 2.24) is 9.62 Å². The number of likely N-dealkylation sites (tertiary alicyclic amines) is 1. The van der Waals surface area contributed by atoms with Crippen molar-refractivity contribution >= 4 is 21.6 Å². The highest BCUT2D eigenvalue weighted by atomic mass is 32.2. The van der Waals surface area contributed by atoms with E-state index in [-0.39, 0.29) is 16.8 Å². The molecule has 30 heavy (non-hydrogen) atoms. The smallest absolute Gasteiger partial charge is 0.255 e. The van der Waals surface area contributed by atoms with Gasteiger partial charge < -0.3 is 10.2 Å². The van der Waals surface area contributed by atoms with Gasteiger partial charge in [-0.3, -0.25) is 4.79 Å². The van der Waals surface area contributed by atoms with E-state index in [1.54, 1.807) is 19.1 Å². The Morgan fingerprint density at radius 3 is 2.37 bits per heavy atom. The summed E-state index contributed by atoms with van der Waals surface area (Å²) in [5.74, 6) is 0.0784. The molecule has 0 aliphatic carbocycles. The van der Waals surface area contributed by atoms with Crippen LogP contribution in [0.2, 0.25) is 0 Å². The lowest BCUT2D eigenvalue weighted by Gasteiger charge is -2.32. The Balaban J connectivity index is 1.72. The minimum atomic E-state index is -3.65. The Morgan fingerprint density at radius 1 is 1.07 bits per heavy atom. The van der Waals surface area contributed by atoms with Gasteiger partial charge in [-0.25, -0.2) is 13.1 Å². The summed E-state index contributed by atoms with van der Waals surface area (Å²) in [6.07, 6.45) is 1.97. The number of rotatable bonds is 6. The predicted molar refractivity (Wildman–Crippen MR) is 120 cm³/mol. The highest BCUT2D eigenvalue weighted by Crippen LogP contribution is 2.23. The van der Waals surface area contributed by atoms with Gasteiger partial charge in [0.05, 0.1) is 4.90 Å². The summed E-state index contributed by atoms with van der Waals surface area (Å²) in [7, 11) is -1.56. The maximum atomic E-state index is 12.9. The number of nitrogens with zero attached hydrogens (tertiary/aromatic N) is 1. The first-order valence-electron chi connectivity index (χ1n) is 10.4. The third-order valence-electron chi connectivity index (χ3n) is 5.96. The van der Waals surface area contributed by atoms with Crippen LogP contribution in [0.25, 0.3) is 0 Å². The lowest BCUT2D eigenvalue weighted by molar-refractivity contribution is 0.102. The number of amides is 1. The van der Waals surface area contributed by atoms with E-state index < -0.39 is 10.0 Å². The molecule has 0 saturated carbocycles. The number of carbonyl (C=O) groups is 1. The fourth-order valence-corrected chi connectivity index (χ4v) is 5.30. The maximum absolute atomic E-state index is 12.9. The first kappa shape index (κ1) is 22.5. The second-order valence-electron chi connectivity index (χ2n) is 8.30. The summed E-state index contributed by atoms with van der Waals surface area (Å²) in [4.78, 5) is 15.1. The van der Waals surface area contributed by atoms with Crippen molar-refractivity contribution in [3.8, 4) is 0 Å². The van der Waals surface area contributed by atoms with Crippen molar-refractivity contribution in [3.63, 3.8) is 0 Å². The molecular formula is C23H31N3O3S.